The van der Waals surface area contributed by atoms with Crippen molar-refractivity contribution < 1.29 is 11.1 Å². The molecule has 20 heteroatoms. The Morgan fingerprint density at radius 2 is 0.837 bits per heavy atom. The maximum Gasteiger partial charge on any atom is 0.569 e. The Balaban J connectivity index is 0.000000120. The van der Waals surface area contributed by atoms with E-state index in [2.05, 4.69) is 122 Å². The molecule has 0 fully saturated rings. The first-order chi connectivity index (χ1) is 48.1. The van der Waals surface area contributed by atoms with E-state index in [1.807, 2.05) is 170 Å². The normalized spacial score (nSPS) is 11.8. The van der Waals surface area contributed by atoms with Gasteiger partial charge >= 0.3 is 7.69 Å². The topological polar surface area (TPSA) is 166 Å². The molecule has 0 saturated heterocycles. The standard InChI is InChI=1S/C30H18N6.C16H10Cl2N2.C16H12N2.C10H6BrClN2.C6H5BClO2.H2/c1-2-10-19(11-3-1)27-31-18-21-20-12-4-7-15-24(20)35-25-16-8-5-13-22(25)32-29(35)30-33-23-14-6-9-17-26(23)36(30)28(21)34-27;17-14-9-5-4-8-12(14)13-10-19-16(20-15(13)18)11-6-2-1-3-7-11;1-3-7-13-11(5-1)9-15(17-13)16-10-12-6-2-4-8-14(12)18-16;11-8-6-13-10(14-9(8)12)7-4-2-1-3-5-7;8-5-3-1-2-4-6(5)10-7-9;/h1-18H;1-10H;1-8H,9-10H2;1-6H;1-4,9H;1H. The summed E-state index contributed by atoms with van der Waals surface area (Å²) in [5.74, 6) is 2.36. The molecule has 18 rings (SSSR count). The van der Waals surface area contributed by atoms with Gasteiger partial charge in [-0.3, -0.25) is 18.8 Å². The zero-order valence-electron chi connectivity index (χ0n) is 51.7. The molecule has 16 aromatic rings. The summed E-state index contributed by atoms with van der Waals surface area (Å²) in [5.41, 5.74) is 18.7. The molecule has 0 atom stereocenters. The van der Waals surface area contributed by atoms with Gasteiger partial charge in [-0.1, -0.05) is 247 Å². The van der Waals surface area contributed by atoms with Crippen molar-refractivity contribution in [2.24, 2.45) is 9.98 Å². The molecule has 0 aliphatic carbocycles. The van der Waals surface area contributed by atoms with Crippen LogP contribution in [-0.4, -0.2) is 72.8 Å². The highest BCUT2D eigenvalue weighted by Crippen LogP contribution is 2.36. The van der Waals surface area contributed by atoms with Gasteiger partial charge in [0, 0.05) is 76.5 Å². The fourth-order valence-corrected chi connectivity index (χ4v) is 12.4. The number of fused-ring (bicyclic) bond motifs is 14. The molecule has 0 amide bonds. The fourth-order valence-electron chi connectivity index (χ4n) is 11.4. The first-order valence-corrected chi connectivity index (χ1v) is 33.2. The van der Waals surface area contributed by atoms with Crippen molar-refractivity contribution in [2.75, 3.05) is 0 Å². The van der Waals surface area contributed by atoms with Crippen LogP contribution in [0, 0.1) is 0 Å². The highest BCUT2D eigenvalue weighted by atomic mass is 79.9. The van der Waals surface area contributed by atoms with Crippen molar-refractivity contribution in [3.63, 3.8) is 0 Å². The van der Waals surface area contributed by atoms with Gasteiger partial charge < -0.3 is 9.68 Å². The summed E-state index contributed by atoms with van der Waals surface area (Å²) in [6, 6.07) is 85.3. The van der Waals surface area contributed by atoms with E-state index in [9.17, 15) is 0 Å². The minimum absolute atomic E-state index is 0. The molecule has 14 nitrogen and oxygen atoms in total. The summed E-state index contributed by atoms with van der Waals surface area (Å²) >= 11 is 27.2. The Hall–Kier alpha value is -10.8. The largest absolute Gasteiger partial charge is 0.569 e. The highest BCUT2D eigenvalue weighted by molar-refractivity contribution is 9.10. The van der Waals surface area contributed by atoms with E-state index in [0.717, 1.165) is 119 Å². The lowest BCUT2D eigenvalue weighted by molar-refractivity contribution is 0.454. The van der Waals surface area contributed by atoms with Crippen molar-refractivity contribution in [1.29, 1.82) is 0 Å². The van der Waals surface area contributed by atoms with E-state index in [0.29, 0.717) is 55.7 Å². The van der Waals surface area contributed by atoms with E-state index in [1.54, 1.807) is 36.7 Å². The summed E-state index contributed by atoms with van der Waals surface area (Å²) in [5, 5.41) is 12.2. The van der Waals surface area contributed by atoms with Gasteiger partial charge in [-0.05, 0) is 87.7 Å². The number of rotatable bonds is 7. The molecule has 2 aliphatic heterocycles. The second-order valence-corrected chi connectivity index (χ2v) is 24.5. The van der Waals surface area contributed by atoms with Crippen LogP contribution in [0.25, 0.3) is 101 Å². The van der Waals surface area contributed by atoms with Crippen LogP contribution in [0.1, 0.15) is 12.6 Å². The smallest absolute Gasteiger partial charge is 0.536 e. The Bertz CT molecular complexity index is 5660. The van der Waals surface area contributed by atoms with Crippen LogP contribution in [0.3, 0.4) is 0 Å². The third-order valence-electron chi connectivity index (χ3n) is 16.0. The second kappa shape index (κ2) is 29.7. The van der Waals surface area contributed by atoms with Gasteiger partial charge in [-0.25, -0.2) is 39.9 Å². The summed E-state index contributed by atoms with van der Waals surface area (Å²) in [6.07, 6.45) is 7.13. The van der Waals surface area contributed by atoms with Gasteiger partial charge in [0.25, 0.3) is 0 Å². The Labute approximate surface area is 592 Å². The molecule has 2 aliphatic rings. The molecule has 0 bridgehead atoms. The lowest BCUT2D eigenvalue weighted by atomic mass is 10.0. The molecule has 0 spiro atoms. The van der Waals surface area contributed by atoms with Gasteiger partial charge in [0.1, 0.15) is 16.1 Å². The molecule has 98 heavy (non-hydrogen) atoms. The lowest BCUT2D eigenvalue weighted by Crippen LogP contribution is -2.13. The average molecular weight is 1420 g/mol. The molecule has 475 valence electrons. The van der Waals surface area contributed by atoms with E-state index in [4.69, 9.17) is 81.3 Å². The van der Waals surface area contributed by atoms with Gasteiger partial charge in [0.15, 0.2) is 34.4 Å². The SMILES string of the molecule is Clc1ccccc1-c1cnc(-c2ccccc2)nc1Cl.Clc1nc(-c2ccccc2)ncc1Br.O[B]Oc1ccccc1Cl.[HH].c1ccc(-c2ncc3c4ccccc4n4c5ccccc5nc4c4nc5ccccc5n4c3n2)cc1.c1ccc2c(c1)CC(C1=Nc3ccccc3C1)=N2. The number of hydrogen-bond donors (Lipinski definition) is 1. The number of halogens is 5. The minimum Gasteiger partial charge on any atom is -0.536 e. The number of nitrogens with zero attached hydrogens (tertiary/aromatic N) is 12. The maximum absolute atomic E-state index is 8.24. The van der Waals surface area contributed by atoms with Gasteiger partial charge in [0.05, 0.1) is 59.9 Å². The van der Waals surface area contributed by atoms with Gasteiger partial charge in [0.2, 0.25) is 0 Å². The summed E-state index contributed by atoms with van der Waals surface area (Å²) < 4.78 is 9.68. The number of benzene rings is 10. The predicted molar refractivity (Wildman–Crippen MR) is 404 cm³/mol. The molecule has 1 radical (unpaired) electrons. The molecular formula is C78H53BBrCl4N12O2. The zero-order chi connectivity index (χ0) is 66.9. The van der Waals surface area contributed by atoms with Crippen LogP contribution in [0.4, 0.5) is 11.4 Å². The third kappa shape index (κ3) is 13.9. The first-order valence-electron chi connectivity index (χ1n) is 30.9. The molecule has 0 unspecified atom stereocenters. The molecule has 1 N–H and O–H groups in total. The minimum atomic E-state index is 0. The Morgan fingerprint density at radius 1 is 0.388 bits per heavy atom. The van der Waals surface area contributed by atoms with Crippen molar-refractivity contribution in [3.8, 4) is 51.0 Å². The number of para-hydroxylation sites is 8. The number of aromatic nitrogens is 10. The summed E-state index contributed by atoms with van der Waals surface area (Å²) in [4.78, 5) is 46.6. The van der Waals surface area contributed by atoms with E-state index >= 15 is 0 Å². The Kier molecular flexibility index (Phi) is 19.5. The summed E-state index contributed by atoms with van der Waals surface area (Å²) in [6.45, 7) is 0. The lowest BCUT2D eigenvalue weighted by Gasteiger charge is -2.09. The quantitative estimate of drug-likeness (QED) is 0.120. The van der Waals surface area contributed by atoms with Crippen LogP contribution < -0.4 is 4.65 Å². The van der Waals surface area contributed by atoms with E-state index in [1.165, 1.54) is 11.1 Å². The van der Waals surface area contributed by atoms with Crippen LogP contribution in [-0.2, 0) is 12.8 Å². The van der Waals surface area contributed by atoms with Crippen LogP contribution in [0.2, 0.25) is 20.4 Å². The first kappa shape index (κ1) is 64.5. The van der Waals surface area contributed by atoms with E-state index in [-0.39, 0.29) is 1.43 Å². The van der Waals surface area contributed by atoms with E-state index < -0.39 is 0 Å². The van der Waals surface area contributed by atoms with Gasteiger partial charge in [-0.2, -0.15) is 0 Å². The highest BCUT2D eigenvalue weighted by Gasteiger charge is 2.24. The monoisotopic (exact) mass is 1420 g/mol. The van der Waals surface area contributed by atoms with Crippen LogP contribution in [0.5, 0.6) is 5.75 Å². The molecular weight excluding hydrogens is 1370 g/mol. The number of imidazole rings is 2. The molecule has 0 saturated carbocycles. The number of hydrogen-bond acceptors (Lipinski definition) is 12. The van der Waals surface area contributed by atoms with Crippen molar-refractivity contribution >= 4 is 148 Å². The molecule has 8 heterocycles. The molecule has 10 aromatic carbocycles. The van der Waals surface area contributed by atoms with Crippen LogP contribution in [0.15, 0.2) is 294 Å². The zero-order valence-corrected chi connectivity index (χ0v) is 56.3. The van der Waals surface area contributed by atoms with Crippen LogP contribution >= 0.6 is 62.3 Å². The van der Waals surface area contributed by atoms with Crippen molar-refractivity contribution in [1.82, 2.24) is 48.7 Å². The third-order valence-corrected chi connectivity index (χ3v) is 18.0. The predicted octanol–water partition coefficient (Wildman–Crippen LogP) is 20.4. The molecule has 6 aromatic heterocycles. The van der Waals surface area contributed by atoms with Crippen molar-refractivity contribution in [2.45, 2.75) is 12.8 Å². The Morgan fingerprint density at radius 3 is 1.39 bits per heavy atom. The van der Waals surface area contributed by atoms with Gasteiger partial charge in [-0.15, -0.1) is 0 Å². The average Bonchev–Trinajstić information content (AvgIpc) is 1.59. The second-order valence-electron chi connectivity index (χ2n) is 22.2. The maximum atomic E-state index is 8.24. The van der Waals surface area contributed by atoms with Crippen molar-refractivity contribution in [3.05, 3.63) is 315 Å². The number of aliphatic imine (C=N–C) groups is 2. The fraction of sp³-hybridized carbons (Fsp3) is 0.0256. The summed E-state index contributed by atoms with van der Waals surface area (Å²) in [7, 11) is 0.598.